The fourth-order valence-corrected chi connectivity index (χ4v) is 2.10. The summed E-state index contributed by atoms with van der Waals surface area (Å²) in [5, 5.41) is 3.42. The van der Waals surface area contributed by atoms with Crippen LogP contribution in [0.1, 0.15) is 24.3 Å². The molecule has 0 amide bonds. The van der Waals surface area contributed by atoms with E-state index >= 15 is 0 Å². The van der Waals surface area contributed by atoms with Crippen molar-refractivity contribution in [2.24, 2.45) is 0 Å². The Bertz CT molecular complexity index is 357. The topological polar surface area (TPSA) is 21.3 Å². The molecule has 1 aromatic carbocycles. The highest BCUT2D eigenvalue weighted by molar-refractivity contribution is 5.30. The van der Waals surface area contributed by atoms with E-state index in [0.717, 1.165) is 18.8 Å². The van der Waals surface area contributed by atoms with E-state index in [1.165, 1.54) is 18.4 Å². The normalized spacial score (nSPS) is 20.1. The summed E-state index contributed by atoms with van der Waals surface area (Å²) in [7, 11) is 0. The Morgan fingerprint density at radius 2 is 2.19 bits per heavy atom. The van der Waals surface area contributed by atoms with Crippen LogP contribution < -0.4 is 10.1 Å². The molecule has 1 N–H and O–H groups in total. The van der Waals surface area contributed by atoms with Gasteiger partial charge in [0, 0.05) is 6.54 Å². The first-order valence-electron chi connectivity index (χ1n) is 5.77. The second-order valence-corrected chi connectivity index (χ2v) is 4.11. The van der Waals surface area contributed by atoms with Crippen LogP contribution in [0.5, 0.6) is 5.75 Å². The van der Waals surface area contributed by atoms with Gasteiger partial charge >= 0.3 is 0 Å². The van der Waals surface area contributed by atoms with Crippen molar-refractivity contribution in [1.29, 1.82) is 0 Å². The number of hydrogen-bond acceptors (Lipinski definition) is 2. The van der Waals surface area contributed by atoms with Crippen LogP contribution in [0.15, 0.2) is 24.3 Å². The first-order valence-corrected chi connectivity index (χ1v) is 5.77. The SMILES string of the molecule is C#CCOc1ccc(C2CCCNC2)cc1. The third-order valence-electron chi connectivity index (χ3n) is 2.97. The lowest BCUT2D eigenvalue weighted by Gasteiger charge is -2.23. The van der Waals surface area contributed by atoms with Gasteiger partial charge < -0.3 is 10.1 Å². The van der Waals surface area contributed by atoms with Crippen LogP contribution in [-0.4, -0.2) is 19.7 Å². The number of terminal acetylenes is 1. The van der Waals surface area contributed by atoms with Crippen LogP contribution in [0.3, 0.4) is 0 Å². The molecule has 2 rings (SSSR count). The molecule has 2 nitrogen and oxygen atoms in total. The zero-order chi connectivity index (χ0) is 11.2. The van der Waals surface area contributed by atoms with Gasteiger partial charge in [-0.1, -0.05) is 18.1 Å². The van der Waals surface area contributed by atoms with Crippen molar-refractivity contribution in [3.8, 4) is 18.1 Å². The van der Waals surface area contributed by atoms with Crippen LogP contribution in [0.2, 0.25) is 0 Å². The lowest BCUT2D eigenvalue weighted by molar-refractivity contribution is 0.370. The first kappa shape index (κ1) is 11.0. The van der Waals surface area contributed by atoms with E-state index < -0.39 is 0 Å². The smallest absolute Gasteiger partial charge is 0.148 e. The Hall–Kier alpha value is -1.46. The number of piperidine rings is 1. The third kappa shape index (κ3) is 2.77. The van der Waals surface area contributed by atoms with Crippen molar-refractivity contribution in [2.45, 2.75) is 18.8 Å². The van der Waals surface area contributed by atoms with Gasteiger partial charge in [0.05, 0.1) is 0 Å². The Kier molecular flexibility index (Phi) is 3.85. The third-order valence-corrected chi connectivity index (χ3v) is 2.97. The monoisotopic (exact) mass is 215 g/mol. The van der Waals surface area contributed by atoms with Gasteiger partial charge in [0.25, 0.3) is 0 Å². The van der Waals surface area contributed by atoms with Gasteiger partial charge in [0.2, 0.25) is 0 Å². The molecular weight excluding hydrogens is 198 g/mol. The van der Waals surface area contributed by atoms with Crippen LogP contribution >= 0.6 is 0 Å². The molecule has 1 heterocycles. The predicted octanol–water partition coefficient (Wildman–Crippen LogP) is 2.17. The highest BCUT2D eigenvalue weighted by atomic mass is 16.5. The molecule has 0 radical (unpaired) electrons. The molecule has 1 fully saturated rings. The molecule has 1 aliphatic rings. The van der Waals surface area contributed by atoms with Gasteiger partial charge in [0.1, 0.15) is 12.4 Å². The van der Waals surface area contributed by atoms with Crippen molar-refractivity contribution in [2.75, 3.05) is 19.7 Å². The predicted molar refractivity (Wildman–Crippen MR) is 65.6 cm³/mol. The summed E-state index contributed by atoms with van der Waals surface area (Å²) in [6, 6.07) is 8.29. The highest BCUT2D eigenvalue weighted by Crippen LogP contribution is 2.24. The number of rotatable bonds is 3. The van der Waals surface area contributed by atoms with Crippen molar-refractivity contribution < 1.29 is 4.74 Å². The maximum atomic E-state index is 5.35. The van der Waals surface area contributed by atoms with Gasteiger partial charge in [-0.15, -0.1) is 6.42 Å². The van der Waals surface area contributed by atoms with Crippen LogP contribution in [0.25, 0.3) is 0 Å². The number of benzene rings is 1. The molecule has 0 aromatic heterocycles. The van der Waals surface area contributed by atoms with Gasteiger partial charge in [-0.25, -0.2) is 0 Å². The van der Waals surface area contributed by atoms with Gasteiger partial charge in [-0.2, -0.15) is 0 Å². The van der Waals surface area contributed by atoms with Crippen LogP contribution in [-0.2, 0) is 0 Å². The summed E-state index contributed by atoms with van der Waals surface area (Å²) >= 11 is 0. The molecule has 1 aromatic rings. The van der Waals surface area contributed by atoms with Crippen LogP contribution in [0.4, 0.5) is 0 Å². The molecule has 0 spiro atoms. The summed E-state index contributed by atoms with van der Waals surface area (Å²) < 4.78 is 5.35. The average molecular weight is 215 g/mol. The zero-order valence-corrected chi connectivity index (χ0v) is 9.41. The number of nitrogens with one attached hydrogen (secondary N) is 1. The molecule has 84 valence electrons. The minimum atomic E-state index is 0.338. The fourth-order valence-electron chi connectivity index (χ4n) is 2.10. The molecule has 0 aliphatic carbocycles. The highest BCUT2D eigenvalue weighted by Gasteiger charge is 2.14. The summed E-state index contributed by atoms with van der Waals surface area (Å²) in [6.45, 7) is 2.58. The molecule has 1 saturated heterocycles. The summed E-state index contributed by atoms with van der Waals surface area (Å²) in [4.78, 5) is 0. The van der Waals surface area contributed by atoms with E-state index in [1.807, 2.05) is 12.1 Å². The Morgan fingerprint density at radius 1 is 1.38 bits per heavy atom. The van der Waals surface area contributed by atoms with Crippen molar-refractivity contribution >= 4 is 0 Å². The zero-order valence-electron chi connectivity index (χ0n) is 9.41. The molecule has 0 bridgehead atoms. The van der Waals surface area contributed by atoms with Crippen molar-refractivity contribution in [1.82, 2.24) is 5.32 Å². The lowest BCUT2D eigenvalue weighted by atomic mass is 9.92. The Balaban J connectivity index is 1.98. The molecule has 16 heavy (non-hydrogen) atoms. The maximum Gasteiger partial charge on any atom is 0.148 e. The fraction of sp³-hybridized carbons (Fsp3) is 0.429. The minimum Gasteiger partial charge on any atom is -0.481 e. The van der Waals surface area contributed by atoms with Crippen LogP contribution in [0, 0.1) is 12.3 Å². The minimum absolute atomic E-state index is 0.338. The summed E-state index contributed by atoms with van der Waals surface area (Å²) in [5.74, 6) is 3.96. The molecule has 1 aliphatic heterocycles. The lowest BCUT2D eigenvalue weighted by Crippen LogP contribution is -2.28. The molecule has 2 heteroatoms. The maximum absolute atomic E-state index is 5.35. The van der Waals surface area contributed by atoms with E-state index in [-0.39, 0.29) is 0 Å². The van der Waals surface area contributed by atoms with E-state index in [9.17, 15) is 0 Å². The summed E-state index contributed by atoms with van der Waals surface area (Å²) in [5.41, 5.74) is 1.39. The first-order chi connectivity index (χ1) is 7.90. The van der Waals surface area contributed by atoms with Gasteiger partial charge in [0.15, 0.2) is 0 Å². The molecule has 1 unspecified atom stereocenters. The molecular formula is C14H17NO. The number of hydrogen-bond donors (Lipinski definition) is 1. The van der Waals surface area contributed by atoms with E-state index in [1.54, 1.807) is 0 Å². The van der Waals surface area contributed by atoms with E-state index in [2.05, 4.69) is 23.4 Å². The second-order valence-electron chi connectivity index (χ2n) is 4.11. The van der Waals surface area contributed by atoms with E-state index in [4.69, 9.17) is 11.2 Å². The van der Waals surface area contributed by atoms with Gasteiger partial charge in [-0.05, 0) is 43.0 Å². The number of ether oxygens (including phenoxy) is 1. The van der Waals surface area contributed by atoms with Crippen molar-refractivity contribution in [3.63, 3.8) is 0 Å². The standard InChI is InChI=1S/C14H17NO/c1-2-10-16-14-7-5-12(6-8-14)13-4-3-9-15-11-13/h1,5-8,13,15H,3-4,9-11H2. The average Bonchev–Trinajstić information content (AvgIpc) is 2.38. The summed E-state index contributed by atoms with van der Waals surface area (Å²) in [6.07, 6.45) is 7.68. The second kappa shape index (κ2) is 5.58. The van der Waals surface area contributed by atoms with Gasteiger partial charge in [-0.3, -0.25) is 0 Å². The molecule has 1 atom stereocenters. The largest absolute Gasteiger partial charge is 0.481 e. The van der Waals surface area contributed by atoms with Crippen molar-refractivity contribution in [3.05, 3.63) is 29.8 Å². The Labute approximate surface area is 97.0 Å². The Morgan fingerprint density at radius 3 is 2.81 bits per heavy atom. The molecule has 0 saturated carbocycles. The quantitative estimate of drug-likeness (QED) is 0.780. The van der Waals surface area contributed by atoms with E-state index in [0.29, 0.717) is 12.5 Å².